The number of anilines is 1. The fourth-order valence-electron chi connectivity index (χ4n) is 3.13. The maximum Gasteiger partial charge on any atom is 0.313 e. The lowest BCUT2D eigenvalue weighted by Crippen LogP contribution is -2.49. The van der Waals surface area contributed by atoms with E-state index in [9.17, 15) is 14.7 Å². The summed E-state index contributed by atoms with van der Waals surface area (Å²) in [5.41, 5.74) is 1.74. The van der Waals surface area contributed by atoms with Crippen LogP contribution in [0.3, 0.4) is 0 Å². The van der Waals surface area contributed by atoms with Crippen molar-refractivity contribution in [2.24, 2.45) is 0 Å². The Morgan fingerprint density at radius 3 is 2.54 bits per heavy atom. The van der Waals surface area contributed by atoms with Crippen LogP contribution in [-0.2, 0) is 22.4 Å². The van der Waals surface area contributed by atoms with Crippen molar-refractivity contribution in [2.75, 3.05) is 11.9 Å². The van der Waals surface area contributed by atoms with Gasteiger partial charge in [-0.25, -0.2) is 0 Å². The lowest BCUT2D eigenvalue weighted by Gasteiger charge is -2.33. The van der Waals surface area contributed by atoms with Crippen molar-refractivity contribution >= 4 is 17.5 Å². The fourth-order valence-corrected chi connectivity index (χ4v) is 3.13. The largest absolute Gasteiger partial charge is 0.388 e. The highest BCUT2D eigenvalue weighted by Crippen LogP contribution is 2.28. The van der Waals surface area contributed by atoms with Gasteiger partial charge in [-0.3, -0.25) is 9.59 Å². The average Bonchev–Trinajstić information content (AvgIpc) is 2.66. The number of amides is 2. The molecule has 0 heterocycles. The van der Waals surface area contributed by atoms with Gasteiger partial charge in [-0.05, 0) is 36.1 Å². The summed E-state index contributed by atoms with van der Waals surface area (Å²) in [5, 5.41) is 24.7. The van der Waals surface area contributed by atoms with Crippen LogP contribution >= 0.6 is 0 Å². The van der Waals surface area contributed by atoms with E-state index >= 15 is 0 Å². The maximum atomic E-state index is 12.1. The van der Waals surface area contributed by atoms with Gasteiger partial charge in [0.15, 0.2) is 0 Å². The molecule has 3 N–H and O–H groups in total. The molecule has 0 aliphatic heterocycles. The monoisotopic (exact) mass is 349 g/mol. The summed E-state index contributed by atoms with van der Waals surface area (Å²) in [4.78, 5) is 24.1. The first-order valence-corrected chi connectivity index (χ1v) is 8.38. The normalized spacial score (nSPS) is 18.3. The van der Waals surface area contributed by atoms with Crippen LogP contribution in [-0.4, -0.2) is 29.1 Å². The van der Waals surface area contributed by atoms with E-state index in [2.05, 4.69) is 10.6 Å². The molecule has 0 unspecified atom stereocenters. The van der Waals surface area contributed by atoms with E-state index in [0.717, 1.165) is 12.0 Å². The molecule has 0 bridgehead atoms. The van der Waals surface area contributed by atoms with Crippen LogP contribution in [0, 0.1) is 11.3 Å². The first-order chi connectivity index (χ1) is 12.5. The summed E-state index contributed by atoms with van der Waals surface area (Å²) < 4.78 is 0. The van der Waals surface area contributed by atoms with E-state index < -0.39 is 17.4 Å². The molecule has 1 atom stereocenters. The number of nitrogens with one attached hydrogen (secondary N) is 2. The molecule has 0 saturated heterocycles. The van der Waals surface area contributed by atoms with Crippen LogP contribution in [0.15, 0.2) is 48.5 Å². The molecule has 0 saturated carbocycles. The first-order valence-electron chi connectivity index (χ1n) is 8.38. The maximum absolute atomic E-state index is 12.1. The number of carbonyl (C=O) groups excluding carboxylic acids is 2. The molecule has 1 aliphatic rings. The Hall–Kier alpha value is -3.17. The van der Waals surface area contributed by atoms with Crippen molar-refractivity contribution in [1.29, 1.82) is 5.26 Å². The number of fused-ring (bicyclic) bond motifs is 1. The van der Waals surface area contributed by atoms with Gasteiger partial charge < -0.3 is 15.7 Å². The van der Waals surface area contributed by atoms with Gasteiger partial charge in [-0.2, -0.15) is 5.26 Å². The summed E-state index contributed by atoms with van der Waals surface area (Å²) in [6.07, 6.45) is 1.68. The van der Waals surface area contributed by atoms with E-state index in [1.54, 1.807) is 24.3 Å². The smallest absolute Gasteiger partial charge is 0.313 e. The van der Waals surface area contributed by atoms with Gasteiger partial charge in [0.2, 0.25) is 0 Å². The molecule has 2 aromatic rings. The lowest BCUT2D eigenvalue weighted by atomic mass is 9.80. The second kappa shape index (κ2) is 7.38. The number of nitrogens with zero attached hydrogens (tertiary/aromatic N) is 1. The standard InChI is InChI=1S/C20H19N3O3/c21-12-16-7-3-4-8-17(16)23-19(25)18(24)22-13-20(26)10-9-14-5-1-2-6-15(14)11-20/h1-8,26H,9-11,13H2,(H,22,24)(H,23,25)/t20-/m0/s1. The molecular weight excluding hydrogens is 330 g/mol. The van der Waals surface area contributed by atoms with Gasteiger partial charge in [0, 0.05) is 13.0 Å². The molecule has 0 aromatic heterocycles. The van der Waals surface area contributed by atoms with Gasteiger partial charge in [0.05, 0.1) is 16.9 Å². The van der Waals surface area contributed by atoms with Crippen LogP contribution < -0.4 is 10.6 Å². The molecular formula is C20H19N3O3. The first kappa shape index (κ1) is 17.6. The third kappa shape index (κ3) is 3.90. The van der Waals surface area contributed by atoms with E-state index in [1.165, 1.54) is 5.56 Å². The van der Waals surface area contributed by atoms with E-state index in [1.807, 2.05) is 30.3 Å². The van der Waals surface area contributed by atoms with E-state index in [4.69, 9.17) is 5.26 Å². The summed E-state index contributed by atoms with van der Waals surface area (Å²) in [6, 6.07) is 16.3. The molecule has 0 spiro atoms. The van der Waals surface area contributed by atoms with Crippen molar-refractivity contribution in [3.05, 3.63) is 65.2 Å². The average molecular weight is 349 g/mol. The zero-order chi connectivity index (χ0) is 18.6. The van der Waals surface area contributed by atoms with Crippen LogP contribution in [0.5, 0.6) is 0 Å². The number of aryl methyl sites for hydroxylation is 1. The molecule has 1 aliphatic carbocycles. The zero-order valence-corrected chi connectivity index (χ0v) is 14.2. The van der Waals surface area contributed by atoms with Crippen molar-refractivity contribution < 1.29 is 14.7 Å². The Labute approximate surface area is 151 Å². The second-order valence-corrected chi connectivity index (χ2v) is 6.46. The second-order valence-electron chi connectivity index (χ2n) is 6.46. The van der Waals surface area contributed by atoms with Crippen molar-refractivity contribution in [2.45, 2.75) is 24.9 Å². The predicted octanol–water partition coefficient (Wildman–Crippen LogP) is 1.53. The van der Waals surface area contributed by atoms with Crippen LogP contribution in [0.1, 0.15) is 23.1 Å². The number of hydrogen-bond acceptors (Lipinski definition) is 4. The number of carbonyl (C=O) groups is 2. The summed E-state index contributed by atoms with van der Waals surface area (Å²) in [7, 11) is 0. The topological polar surface area (TPSA) is 102 Å². The lowest BCUT2D eigenvalue weighted by molar-refractivity contribution is -0.136. The van der Waals surface area contributed by atoms with Gasteiger partial charge in [0.25, 0.3) is 0 Å². The third-order valence-electron chi connectivity index (χ3n) is 4.58. The number of hydrogen-bond donors (Lipinski definition) is 3. The van der Waals surface area contributed by atoms with Gasteiger partial charge >= 0.3 is 11.8 Å². The zero-order valence-electron chi connectivity index (χ0n) is 14.2. The highest BCUT2D eigenvalue weighted by Gasteiger charge is 2.33. The van der Waals surface area contributed by atoms with Crippen molar-refractivity contribution in [3.63, 3.8) is 0 Å². The molecule has 2 aromatic carbocycles. The van der Waals surface area contributed by atoms with Crippen LogP contribution in [0.4, 0.5) is 5.69 Å². The Balaban J connectivity index is 1.59. The summed E-state index contributed by atoms with van der Waals surface area (Å²) >= 11 is 0. The number of para-hydroxylation sites is 1. The van der Waals surface area contributed by atoms with Crippen LogP contribution in [0.2, 0.25) is 0 Å². The third-order valence-corrected chi connectivity index (χ3v) is 4.58. The highest BCUT2D eigenvalue weighted by molar-refractivity contribution is 6.39. The molecule has 0 fully saturated rings. The Bertz CT molecular complexity index is 888. The minimum atomic E-state index is -1.07. The SMILES string of the molecule is N#Cc1ccccc1NC(=O)C(=O)NC[C@]1(O)CCc2ccccc2C1. The Morgan fingerprint density at radius 2 is 1.77 bits per heavy atom. The number of nitriles is 1. The molecule has 6 nitrogen and oxygen atoms in total. The summed E-state index contributed by atoms with van der Waals surface area (Å²) in [6.45, 7) is -0.00646. The predicted molar refractivity (Wildman–Crippen MR) is 96.2 cm³/mol. The molecule has 6 heteroatoms. The minimum absolute atomic E-state index is 0.00646. The fraction of sp³-hybridized carbons (Fsp3) is 0.250. The van der Waals surface area contributed by atoms with Crippen LogP contribution in [0.25, 0.3) is 0 Å². The molecule has 132 valence electrons. The van der Waals surface area contributed by atoms with Gasteiger partial charge in [-0.15, -0.1) is 0 Å². The Morgan fingerprint density at radius 1 is 1.08 bits per heavy atom. The van der Waals surface area contributed by atoms with Gasteiger partial charge in [-0.1, -0.05) is 36.4 Å². The number of rotatable bonds is 3. The Kier molecular flexibility index (Phi) is 5.01. The van der Waals surface area contributed by atoms with E-state index in [-0.39, 0.29) is 17.8 Å². The van der Waals surface area contributed by atoms with Gasteiger partial charge in [0.1, 0.15) is 6.07 Å². The molecule has 0 radical (unpaired) electrons. The van der Waals surface area contributed by atoms with Crippen molar-refractivity contribution in [3.8, 4) is 6.07 Å². The highest BCUT2D eigenvalue weighted by atomic mass is 16.3. The quantitative estimate of drug-likeness (QED) is 0.731. The van der Waals surface area contributed by atoms with E-state index in [0.29, 0.717) is 12.8 Å². The number of benzene rings is 2. The van der Waals surface area contributed by atoms with Crippen molar-refractivity contribution in [1.82, 2.24) is 5.32 Å². The molecule has 2 amide bonds. The molecule has 26 heavy (non-hydrogen) atoms. The summed E-state index contributed by atoms with van der Waals surface area (Å²) in [5.74, 6) is -1.71. The minimum Gasteiger partial charge on any atom is -0.388 e. The number of aliphatic hydroxyl groups is 1. The molecule has 3 rings (SSSR count).